The van der Waals surface area contributed by atoms with Crippen LogP contribution in [0.5, 0.6) is 5.75 Å². The molecule has 0 spiro atoms. The molecular weight excluding hydrogens is 390 g/mol. The number of benzene rings is 2. The van der Waals surface area contributed by atoms with E-state index in [1.807, 2.05) is 0 Å². The van der Waals surface area contributed by atoms with Crippen LogP contribution < -0.4 is 10.1 Å². The van der Waals surface area contributed by atoms with Gasteiger partial charge in [-0.25, -0.2) is 0 Å². The molecule has 6 nitrogen and oxygen atoms in total. The number of amides is 2. The van der Waals surface area contributed by atoms with E-state index in [9.17, 15) is 9.59 Å². The molecule has 1 unspecified atom stereocenters. The summed E-state index contributed by atoms with van der Waals surface area (Å²) in [5.41, 5.74) is 2.87. The van der Waals surface area contributed by atoms with Crippen LogP contribution in [0.1, 0.15) is 47.7 Å². The molecule has 1 fully saturated rings. The largest absolute Gasteiger partial charge is 0.484 e. The fourth-order valence-corrected chi connectivity index (χ4v) is 3.68. The minimum Gasteiger partial charge on any atom is -0.484 e. The number of nitrogens with zero attached hydrogens (tertiary/aromatic N) is 2. The second-order valence-electron chi connectivity index (χ2n) is 8.42. The second kappa shape index (κ2) is 11.0. The summed E-state index contributed by atoms with van der Waals surface area (Å²) in [6, 6.07) is 16.0. The van der Waals surface area contributed by atoms with E-state index in [0.29, 0.717) is 23.9 Å². The van der Waals surface area contributed by atoms with Crippen molar-refractivity contribution < 1.29 is 14.3 Å². The van der Waals surface area contributed by atoms with Crippen molar-refractivity contribution in [2.24, 2.45) is 0 Å². The molecule has 1 saturated heterocycles. The third-order valence-electron chi connectivity index (χ3n) is 5.76. The van der Waals surface area contributed by atoms with Gasteiger partial charge in [-0.2, -0.15) is 0 Å². The molecule has 2 amide bonds. The first-order valence-electron chi connectivity index (χ1n) is 11.0. The Morgan fingerprint density at radius 1 is 1.10 bits per heavy atom. The van der Waals surface area contributed by atoms with E-state index in [1.165, 1.54) is 36.3 Å². The lowest BCUT2D eigenvalue weighted by Crippen LogP contribution is -2.36. The minimum absolute atomic E-state index is 0.0549. The highest BCUT2D eigenvalue weighted by molar-refractivity contribution is 5.94. The Morgan fingerprint density at radius 2 is 1.84 bits per heavy atom. The predicted octanol–water partition coefficient (Wildman–Crippen LogP) is 3.46. The van der Waals surface area contributed by atoms with Gasteiger partial charge in [0.25, 0.3) is 11.8 Å². The van der Waals surface area contributed by atoms with Crippen LogP contribution in [0, 0.1) is 0 Å². The van der Waals surface area contributed by atoms with Crippen molar-refractivity contribution in [1.82, 2.24) is 15.1 Å². The summed E-state index contributed by atoms with van der Waals surface area (Å²) in [6.07, 6.45) is 3.90. The van der Waals surface area contributed by atoms with Crippen LogP contribution in [-0.4, -0.2) is 54.9 Å². The number of likely N-dealkylation sites (tertiary alicyclic amines) is 1. The first-order valence-corrected chi connectivity index (χ1v) is 11.0. The molecule has 1 N–H and O–H groups in total. The lowest BCUT2D eigenvalue weighted by molar-refractivity contribution is -0.130. The Hall–Kier alpha value is -2.86. The Morgan fingerprint density at radius 3 is 2.55 bits per heavy atom. The minimum atomic E-state index is -0.171. The quantitative estimate of drug-likeness (QED) is 0.706. The number of ether oxygens (including phenoxy) is 1. The molecule has 2 aromatic rings. The number of hydrogen-bond donors (Lipinski definition) is 1. The maximum atomic E-state index is 12.5. The number of carbonyl (C=O) groups excluding carboxylic acids is 2. The number of piperidine rings is 1. The summed E-state index contributed by atoms with van der Waals surface area (Å²) < 4.78 is 5.49. The second-order valence-corrected chi connectivity index (χ2v) is 8.42. The molecule has 1 atom stereocenters. The van der Waals surface area contributed by atoms with Gasteiger partial charge in [-0.15, -0.1) is 0 Å². The molecule has 0 saturated carbocycles. The van der Waals surface area contributed by atoms with Gasteiger partial charge in [-0.3, -0.25) is 14.5 Å². The number of carbonyl (C=O) groups is 2. The molecule has 3 rings (SSSR count). The first kappa shape index (κ1) is 22.8. The Labute approximate surface area is 185 Å². The van der Waals surface area contributed by atoms with E-state index in [-0.39, 0.29) is 18.4 Å². The highest BCUT2D eigenvalue weighted by Crippen LogP contribution is 2.19. The number of rotatable bonds is 8. The van der Waals surface area contributed by atoms with Crippen molar-refractivity contribution in [2.75, 3.05) is 27.2 Å². The number of likely N-dealkylation sites (N-methyl/N-ethyl adjacent to an activating group) is 1. The maximum absolute atomic E-state index is 12.5. The zero-order chi connectivity index (χ0) is 22.2. The van der Waals surface area contributed by atoms with Crippen LogP contribution >= 0.6 is 0 Å². The van der Waals surface area contributed by atoms with E-state index in [0.717, 1.165) is 12.1 Å². The summed E-state index contributed by atoms with van der Waals surface area (Å²) in [4.78, 5) is 28.2. The van der Waals surface area contributed by atoms with Crippen LogP contribution in [-0.2, 0) is 17.9 Å². The number of hydrogen-bond acceptors (Lipinski definition) is 4. The van der Waals surface area contributed by atoms with Gasteiger partial charge >= 0.3 is 0 Å². The molecule has 1 aliphatic heterocycles. The van der Waals surface area contributed by atoms with Crippen LogP contribution in [0.15, 0.2) is 48.5 Å². The lowest BCUT2D eigenvalue weighted by atomic mass is 10.0. The Kier molecular flexibility index (Phi) is 8.06. The topological polar surface area (TPSA) is 61.9 Å². The van der Waals surface area contributed by atoms with Crippen molar-refractivity contribution in [1.29, 1.82) is 0 Å². The average Bonchev–Trinajstić information content (AvgIpc) is 2.78. The van der Waals surface area contributed by atoms with Gasteiger partial charge in [0.05, 0.1) is 0 Å². The van der Waals surface area contributed by atoms with Gasteiger partial charge in [0, 0.05) is 38.8 Å². The standard InChI is InChI=1S/C25H33N3O3/c1-19-7-4-5-14-28(19)17-21-12-10-20(11-13-21)16-26-25(30)22-8-6-9-23(15-22)31-18-24(29)27(2)3/h6,8-13,15,19H,4-5,7,14,16-18H2,1-3H3,(H,26,30). The molecule has 1 aliphatic rings. The van der Waals surface area contributed by atoms with E-state index in [2.05, 4.69) is 41.4 Å². The molecule has 0 aromatic heterocycles. The monoisotopic (exact) mass is 423 g/mol. The van der Waals surface area contributed by atoms with Gasteiger partial charge in [0.15, 0.2) is 6.61 Å². The molecule has 31 heavy (non-hydrogen) atoms. The summed E-state index contributed by atoms with van der Waals surface area (Å²) in [6.45, 7) is 4.87. The van der Waals surface area contributed by atoms with E-state index < -0.39 is 0 Å². The van der Waals surface area contributed by atoms with Crippen LogP contribution in [0.2, 0.25) is 0 Å². The van der Waals surface area contributed by atoms with Crippen LogP contribution in [0.3, 0.4) is 0 Å². The van der Waals surface area contributed by atoms with Crippen molar-refractivity contribution in [3.8, 4) is 5.75 Å². The smallest absolute Gasteiger partial charge is 0.259 e. The molecule has 6 heteroatoms. The fourth-order valence-electron chi connectivity index (χ4n) is 3.68. The summed E-state index contributed by atoms with van der Waals surface area (Å²) in [7, 11) is 3.35. The van der Waals surface area contributed by atoms with Crippen molar-refractivity contribution in [3.05, 3.63) is 65.2 Å². The molecule has 0 radical (unpaired) electrons. The Balaban J connectivity index is 1.50. The third-order valence-corrected chi connectivity index (χ3v) is 5.76. The van der Waals surface area contributed by atoms with E-state index in [1.54, 1.807) is 38.4 Å². The van der Waals surface area contributed by atoms with Gasteiger partial charge in [0.1, 0.15) is 5.75 Å². The van der Waals surface area contributed by atoms with Crippen molar-refractivity contribution in [3.63, 3.8) is 0 Å². The van der Waals surface area contributed by atoms with E-state index >= 15 is 0 Å². The molecule has 1 heterocycles. The fraction of sp³-hybridized carbons (Fsp3) is 0.440. The van der Waals surface area contributed by atoms with Crippen LogP contribution in [0.25, 0.3) is 0 Å². The normalized spacial score (nSPS) is 16.5. The Bertz CT molecular complexity index is 880. The van der Waals surface area contributed by atoms with Gasteiger partial charge in [-0.1, -0.05) is 36.8 Å². The third kappa shape index (κ3) is 6.82. The first-order chi connectivity index (χ1) is 14.9. The molecule has 0 bridgehead atoms. The predicted molar refractivity (Wildman–Crippen MR) is 122 cm³/mol. The summed E-state index contributed by atoms with van der Waals surface area (Å²) in [5.74, 6) is 0.197. The highest BCUT2D eigenvalue weighted by atomic mass is 16.5. The van der Waals surface area contributed by atoms with Crippen molar-refractivity contribution in [2.45, 2.75) is 45.3 Å². The highest BCUT2D eigenvalue weighted by Gasteiger charge is 2.18. The zero-order valence-electron chi connectivity index (χ0n) is 18.8. The van der Waals surface area contributed by atoms with E-state index in [4.69, 9.17) is 4.74 Å². The molecule has 2 aromatic carbocycles. The average molecular weight is 424 g/mol. The molecular formula is C25H33N3O3. The lowest BCUT2D eigenvalue weighted by Gasteiger charge is -2.33. The molecule has 166 valence electrons. The van der Waals surface area contributed by atoms with Gasteiger partial charge in [0.2, 0.25) is 0 Å². The van der Waals surface area contributed by atoms with Crippen molar-refractivity contribution >= 4 is 11.8 Å². The SMILES string of the molecule is CC1CCCCN1Cc1ccc(CNC(=O)c2cccc(OCC(=O)N(C)C)c2)cc1. The summed E-state index contributed by atoms with van der Waals surface area (Å²) >= 11 is 0. The van der Waals surface area contributed by atoms with Crippen LogP contribution in [0.4, 0.5) is 0 Å². The zero-order valence-corrected chi connectivity index (χ0v) is 18.8. The van der Waals surface area contributed by atoms with Gasteiger partial charge < -0.3 is 15.0 Å². The summed E-state index contributed by atoms with van der Waals surface area (Å²) in [5, 5.41) is 2.95. The van der Waals surface area contributed by atoms with Gasteiger partial charge in [-0.05, 0) is 55.6 Å². The maximum Gasteiger partial charge on any atom is 0.259 e. The number of nitrogens with one attached hydrogen (secondary N) is 1. The molecule has 0 aliphatic carbocycles.